The van der Waals surface area contributed by atoms with Gasteiger partial charge in [0.1, 0.15) is 5.82 Å². The van der Waals surface area contributed by atoms with Crippen molar-refractivity contribution in [1.82, 2.24) is 9.55 Å². The SMILES string of the molecule is Cc1ccccc1-c1ccnc(-n2c3ccccc3c3ccc(Sc4cccc(N5CN(C(C)C)c6ccccc65)c4)cc32)c1. The van der Waals surface area contributed by atoms with Gasteiger partial charge < -0.3 is 9.80 Å². The number of rotatable bonds is 6. The lowest BCUT2D eigenvalue weighted by molar-refractivity contribution is 0.709. The molecule has 1 aliphatic heterocycles. The molecule has 220 valence electrons. The molecule has 0 fully saturated rings. The zero-order chi connectivity index (χ0) is 30.5. The number of pyridine rings is 1. The molecule has 3 heterocycles. The molecule has 4 nitrogen and oxygen atoms in total. The molecule has 7 aromatic rings. The Morgan fingerprint density at radius 3 is 2.29 bits per heavy atom. The summed E-state index contributed by atoms with van der Waals surface area (Å²) in [6.07, 6.45) is 1.93. The number of aromatic nitrogens is 2. The zero-order valence-electron chi connectivity index (χ0n) is 25.7. The van der Waals surface area contributed by atoms with Crippen LogP contribution in [-0.2, 0) is 0 Å². The number of nitrogens with zero attached hydrogens (tertiary/aromatic N) is 4. The van der Waals surface area contributed by atoms with Gasteiger partial charge in [0.2, 0.25) is 0 Å². The van der Waals surface area contributed by atoms with E-state index in [2.05, 4.69) is 163 Å². The van der Waals surface area contributed by atoms with Crippen molar-refractivity contribution in [3.05, 3.63) is 139 Å². The average Bonchev–Trinajstić information content (AvgIpc) is 3.62. The molecular formula is C40H34N4S. The number of anilines is 3. The van der Waals surface area contributed by atoms with Crippen LogP contribution in [0.3, 0.4) is 0 Å². The normalized spacial score (nSPS) is 12.9. The summed E-state index contributed by atoms with van der Waals surface area (Å²) in [5.41, 5.74) is 9.75. The first kappa shape index (κ1) is 27.5. The van der Waals surface area contributed by atoms with Crippen molar-refractivity contribution in [2.75, 3.05) is 16.5 Å². The monoisotopic (exact) mass is 602 g/mol. The molecule has 5 heteroatoms. The van der Waals surface area contributed by atoms with Crippen molar-refractivity contribution >= 4 is 50.6 Å². The van der Waals surface area contributed by atoms with Crippen LogP contribution in [0, 0.1) is 6.92 Å². The summed E-state index contributed by atoms with van der Waals surface area (Å²) < 4.78 is 2.31. The summed E-state index contributed by atoms with van der Waals surface area (Å²) in [5.74, 6) is 0.925. The van der Waals surface area contributed by atoms with Gasteiger partial charge in [-0.2, -0.15) is 0 Å². The minimum absolute atomic E-state index is 0.430. The summed E-state index contributed by atoms with van der Waals surface area (Å²) in [6.45, 7) is 7.54. The van der Waals surface area contributed by atoms with E-state index in [1.165, 1.54) is 54.3 Å². The standard InChI is InChI=1S/C40H34N4S/c1-27(2)42-26-43(38-18-9-8-17-37(38)42)30-12-10-13-31(24-30)45-32-19-20-35-34-15-6-7-16-36(34)44(39(35)25-32)40-23-29(21-22-41-40)33-14-5-4-11-28(33)3/h4-25,27H,26H2,1-3H3. The number of hydrogen-bond acceptors (Lipinski definition) is 4. The van der Waals surface area contributed by atoms with Crippen LogP contribution in [0.1, 0.15) is 19.4 Å². The lowest BCUT2D eigenvalue weighted by Gasteiger charge is -2.25. The average molecular weight is 603 g/mol. The largest absolute Gasteiger partial charge is 0.349 e. The van der Waals surface area contributed by atoms with Crippen LogP contribution in [0.4, 0.5) is 17.1 Å². The highest BCUT2D eigenvalue weighted by atomic mass is 32.2. The third kappa shape index (κ3) is 4.84. The zero-order valence-corrected chi connectivity index (χ0v) is 26.5. The minimum atomic E-state index is 0.430. The van der Waals surface area contributed by atoms with Crippen LogP contribution in [-0.4, -0.2) is 22.3 Å². The number of para-hydroxylation sites is 3. The highest BCUT2D eigenvalue weighted by Gasteiger charge is 2.28. The second-order valence-corrected chi connectivity index (χ2v) is 13.1. The Kier molecular flexibility index (Phi) is 6.84. The molecule has 0 spiro atoms. The molecule has 0 atom stereocenters. The maximum absolute atomic E-state index is 4.89. The Morgan fingerprint density at radius 2 is 1.42 bits per heavy atom. The predicted octanol–water partition coefficient (Wildman–Crippen LogP) is 10.6. The van der Waals surface area contributed by atoms with Crippen LogP contribution in [0.5, 0.6) is 0 Å². The van der Waals surface area contributed by atoms with Crippen molar-refractivity contribution in [2.24, 2.45) is 0 Å². The number of benzene rings is 5. The summed E-state index contributed by atoms with van der Waals surface area (Å²) in [4.78, 5) is 12.2. The highest BCUT2D eigenvalue weighted by Crippen LogP contribution is 2.43. The van der Waals surface area contributed by atoms with E-state index in [1.807, 2.05) is 6.20 Å². The third-order valence-corrected chi connectivity index (χ3v) is 9.82. The van der Waals surface area contributed by atoms with Crippen LogP contribution < -0.4 is 9.80 Å². The second-order valence-electron chi connectivity index (χ2n) is 12.0. The molecule has 2 aromatic heterocycles. The molecule has 0 aliphatic carbocycles. The van der Waals surface area contributed by atoms with E-state index in [0.29, 0.717) is 6.04 Å². The predicted molar refractivity (Wildman–Crippen MR) is 190 cm³/mol. The summed E-state index contributed by atoms with van der Waals surface area (Å²) >= 11 is 1.81. The van der Waals surface area contributed by atoms with E-state index in [4.69, 9.17) is 4.98 Å². The Labute approximate surface area is 268 Å². The van der Waals surface area contributed by atoms with Crippen molar-refractivity contribution < 1.29 is 0 Å². The fraction of sp³-hybridized carbons (Fsp3) is 0.125. The lowest BCUT2D eigenvalue weighted by Crippen LogP contribution is -2.33. The molecule has 5 aromatic carbocycles. The van der Waals surface area contributed by atoms with Crippen molar-refractivity contribution in [2.45, 2.75) is 36.6 Å². The van der Waals surface area contributed by atoms with Crippen LogP contribution in [0.15, 0.2) is 143 Å². The first-order valence-electron chi connectivity index (χ1n) is 15.5. The second kappa shape index (κ2) is 11.2. The summed E-state index contributed by atoms with van der Waals surface area (Å²) in [5, 5.41) is 2.46. The van der Waals surface area contributed by atoms with Crippen molar-refractivity contribution in [3.63, 3.8) is 0 Å². The molecule has 8 rings (SSSR count). The van der Waals surface area contributed by atoms with Gasteiger partial charge in [-0.05, 0) is 98.1 Å². The quantitative estimate of drug-likeness (QED) is 0.189. The number of fused-ring (bicyclic) bond motifs is 4. The molecule has 0 N–H and O–H groups in total. The Bertz CT molecular complexity index is 2200. The molecule has 0 amide bonds. The first-order valence-corrected chi connectivity index (χ1v) is 16.3. The summed E-state index contributed by atoms with van der Waals surface area (Å²) in [6, 6.07) is 46.4. The molecule has 0 radical (unpaired) electrons. The number of aryl methyl sites for hydroxylation is 1. The molecule has 0 unspecified atom stereocenters. The Morgan fingerprint density at radius 1 is 0.667 bits per heavy atom. The van der Waals surface area contributed by atoms with E-state index in [-0.39, 0.29) is 0 Å². The van der Waals surface area contributed by atoms with Gasteiger partial charge in [0.05, 0.1) is 29.1 Å². The summed E-state index contributed by atoms with van der Waals surface area (Å²) in [7, 11) is 0. The van der Waals surface area contributed by atoms with E-state index in [9.17, 15) is 0 Å². The van der Waals surface area contributed by atoms with E-state index < -0.39 is 0 Å². The van der Waals surface area contributed by atoms with Gasteiger partial charge in [-0.1, -0.05) is 78.5 Å². The Hall–Kier alpha value is -5.00. The lowest BCUT2D eigenvalue weighted by atomic mass is 10.0. The topological polar surface area (TPSA) is 24.3 Å². The van der Waals surface area contributed by atoms with Gasteiger partial charge in [-0.25, -0.2) is 4.98 Å². The molecule has 1 aliphatic rings. The first-order chi connectivity index (χ1) is 22.0. The maximum atomic E-state index is 4.89. The fourth-order valence-electron chi connectivity index (χ4n) is 6.62. The molecule has 0 bridgehead atoms. The smallest absolute Gasteiger partial charge is 0.138 e. The van der Waals surface area contributed by atoms with Gasteiger partial charge in [0.15, 0.2) is 0 Å². The van der Waals surface area contributed by atoms with Crippen LogP contribution >= 0.6 is 11.8 Å². The van der Waals surface area contributed by atoms with Crippen LogP contribution in [0.2, 0.25) is 0 Å². The van der Waals surface area contributed by atoms with Gasteiger partial charge >= 0.3 is 0 Å². The fourth-order valence-corrected chi connectivity index (χ4v) is 7.52. The van der Waals surface area contributed by atoms with Gasteiger partial charge in [0.25, 0.3) is 0 Å². The van der Waals surface area contributed by atoms with E-state index >= 15 is 0 Å². The highest BCUT2D eigenvalue weighted by molar-refractivity contribution is 7.99. The van der Waals surface area contributed by atoms with Gasteiger partial charge in [-0.15, -0.1) is 0 Å². The minimum Gasteiger partial charge on any atom is -0.349 e. The maximum Gasteiger partial charge on any atom is 0.138 e. The third-order valence-electron chi connectivity index (χ3n) is 8.84. The van der Waals surface area contributed by atoms with Crippen molar-refractivity contribution in [1.29, 1.82) is 0 Å². The van der Waals surface area contributed by atoms with E-state index in [0.717, 1.165) is 23.5 Å². The van der Waals surface area contributed by atoms with Gasteiger partial charge in [0, 0.05) is 38.5 Å². The van der Waals surface area contributed by atoms with Crippen molar-refractivity contribution in [3.8, 4) is 16.9 Å². The molecule has 0 saturated carbocycles. The van der Waals surface area contributed by atoms with Gasteiger partial charge in [-0.3, -0.25) is 4.57 Å². The molecule has 45 heavy (non-hydrogen) atoms. The van der Waals surface area contributed by atoms with E-state index in [1.54, 1.807) is 11.8 Å². The molecule has 0 saturated heterocycles. The molecular weight excluding hydrogens is 569 g/mol. The number of hydrogen-bond donors (Lipinski definition) is 0. The Balaban J connectivity index is 1.19. The van der Waals surface area contributed by atoms with Crippen LogP contribution in [0.25, 0.3) is 38.8 Å².